The summed E-state index contributed by atoms with van der Waals surface area (Å²) in [5.41, 5.74) is 0.695. The van der Waals surface area contributed by atoms with Crippen molar-refractivity contribution in [1.82, 2.24) is 0 Å². The normalized spacial score (nSPS) is 24.8. The van der Waals surface area contributed by atoms with E-state index >= 15 is 0 Å². The average Bonchev–Trinajstić information content (AvgIpc) is 3.07. The molecule has 0 saturated carbocycles. The van der Waals surface area contributed by atoms with E-state index in [1.54, 1.807) is 31.3 Å². The Kier molecular flexibility index (Phi) is 3.54. The van der Waals surface area contributed by atoms with Gasteiger partial charge in [-0.3, -0.25) is 14.4 Å². The van der Waals surface area contributed by atoms with E-state index in [4.69, 9.17) is 4.74 Å². The minimum absolute atomic E-state index is 0.0279. The van der Waals surface area contributed by atoms with Gasteiger partial charge >= 0.3 is 0 Å². The minimum atomic E-state index is -1.29. The monoisotopic (exact) mass is 335 g/mol. The van der Waals surface area contributed by atoms with Gasteiger partial charge in [-0.05, 0) is 6.07 Å². The predicted octanol–water partition coefficient (Wildman–Crippen LogP) is 2.49. The van der Waals surface area contributed by atoms with E-state index in [1.807, 2.05) is 30.3 Å². The third-order valence-corrected chi connectivity index (χ3v) is 4.94. The van der Waals surface area contributed by atoms with E-state index in [-0.39, 0.29) is 30.3 Å². The molecule has 2 aromatic carbocycles. The molecule has 0 N–H and O–H groups in total. The molecule has 0 unspecified atom stereocenters. The Morgan fingerprint density at radius 2 is 1.80 bits per heavy atom. The first-order chi connectivity index (χ1) is 12.0. The molecule has 4 rings (SSSR count). The van der Waals surface area contributed by atoms with Crippen molar-refractivity contribution >= 4 is 23.2 Å². The summed E-state index contributed by atoms with van der Waals surface area (Å²) < 4.78 is 5.96. The summed E-state index contributed by atoms with van der Waals surface area (Å²) in [5.74, 6) is -0.623. The summed E-state index contributed by atoms with van der Waals surface area (Å²) in [6.07, 6.45) is -0.972. The Labute approximate surface area is 145 Å². The smallest absolute Gasteiger partial charge is 0.264 e. The Morgan fingerprint density at radius 1 is 1.12 bits per heavy atom. The molecule has 1 spiro atoms. The van der Waals surface area contributed by atoms with Gasteiger partial charge in [0.1, 0.15) is 6.10 Å². The minimum Gasteiger partial charge on any atom is -0.348 e. The number of hydrogen-bond acceptors (Lipinski definition) is 4. The SMILES string of the molecule is CN1C(=O)[C@@]2(CC(=O)[C@H](CC(=O)c3ccccc3)O2)c2ccccc21. The molecule has 25 heavy (non-hydrogen) atoms. The molecular weight excluding hydrogens is 318 g/mol. The highest BCUT2D eigenvalue weighted by Crippen LogP contribution is 2.48. The van der Waals surface area contributed by atoms with Gasteiger partial charge in [0, 0.05) is 24.6 Å². The number of hydrogen-bond donors (Lipinski definition) is 0. The quantitative estimate of drug-likeness (QED) is 0.809. The Hall–Kier alpha value is -2.79. The van der Waals surface area contributed by atoms with Crippen LogP contribution in [0.1, 0.15) is 28.8 Å². The number of carbonyl (C=O) groups is 3. The molecule has 0 aromatic heterocycles. The van der Waals surface area contributed by atoms with Crippen LogP contribution in [0.25, 0.3) is 0 Å². The molecule has 5 nitrogen and oxygen atoms in total. The van der Waals surface area contributed by atoms with Gasteiger partial charge in [-0.1, -0.05) is 48.5 Å². The molecule has 2 aliphatic heterocycles. The van der Waals surface area contributed by atoms with E-state index in [0.717, 1.165) is 5.69 Å². The van der Waals surface area contributed by atoms with Crippen LogP contribution in [0, 0.1) is 0 Å². The number of ether oxygens (including phenoxy) is 1. The summed E-state index contributed by atoms with van der Waals surface area (Å²) in [4.78, 5) is 39.2. The molecular formula is C20H17NO4. The molecule has 2 aromatic rings. The van der Waals surface area contributed by atoms with Gasteiger partial charge in [-0.2, -0.15) is 0 Å². The molecule has 2 atom stereocenters. The maximum atomic E-state index is 12.8. The molecule has 126 valence electrons. The molecule has 0 aliphatic carbocycles. The second kappa shape index (κ2) is 5.63. The number of Topliss-reactive ketones (excluding diaryl/α,β-unsaturated/α-hetero) is 2. The van der Waals surface area contributed by atoms with Crippen molar-refractivity contribution in [2.45, 2.75) is 24.5 Å². The molecule has 1 amide bonds. The van der Waals surface area contributed by atoms with Gasteiger partial charge in [-0.25, -0.2) is 0 Å². The van der Waals surface area contributed by atoms with Crippen molar-refractivity contribution in [2.24, 2.45) is 0 Å². The fourth-order valence-electron chi connectivity index (χ4n) is 3.66. The third-order valence-electron chi connectivity index (χ3n) is 4.94. The fraction of sp³-hybridized carbons (Fsp3) is 0.250. The zero-order valence-electron chi connectivity index (χ0n) is 13.8. The van der Waals surface area contributed by atoms with Crippen LogP contribution in [0.5, 0.6) is 0 Å². The second-order valence-electron chi connectivity index (χ2n) is 6.45. The molecule has 1 saturated heterocycles. The molecule has 2 heterocycles. The van der Waals surface area contributed by atoms with Gasteiger partial charge < -0.3 is 9.64 Å². The number of benzene rings is 2. The first-order valence-corrected chi connectivity index (χ1v) is 8.19. The van der Waals surface area contributed by atoms with Crippen LogP contribution in [0.2, 0.25) is 0 Å². The van der Waals surface area contributed by atoms with Crippen LogP contribution in [0.3, 0.4) is 0 Å². The maximum absolute atomic E-state index is 12.8. The fourth-order valence-corrected chi connectivity index (χ4v) is 3.66. The number of carbonyl (C=O) groups excluding carboxylic acids is 3. The van der Waals surface area contributed by atoms with Crippen LogP contribution in [-0.2, 0) is 19.9 Å². The summed E-state index contributed by atoms with van der Waals surface area (Å²) >= 11 is 0. The number of ketones is 2. The van der Waals surface area contributed by atoms with Crippen molar-refractivity contribution in [1.29, 1.82) is 0 Å². The first-order valence-electron chi connectivity index (χ1n) is 8.19. The largest absolute Gasteiger partial charge is 0.348 e. The summed E-state index contributed by atoms with van der Waals surface area (Å²) in [6, 6.07) is 16.1. The lowest BCUT2D eigenvalue weighted by atomic mass is 9.91. The second-order valence-corrected chi connectivity index (χ2v) is 6.45. The Bertz CT molecular complexity index is 876. The lowest BCUT2D eigenvalue weighted by Gasteiger charge is -2.22. The lowest BCUT2D eigenvalue weighted by Crippen LogP contribution is -2.38. The van der Waals surface area contributed by atoms with Crippen molar-refractivity contribution in [3.05, 3.63) is 65.7 Å². The van der Waals surface area contributed by atoms with Crippen molar-refractivity contribution < 1.29 is 19.1 Å². The van der Waals surface area contributed by atoms with Crippen LogP contribution < -0.4 is 4.90 Å². The van der Waals surface area contributed by atoms with Gasteiger partial charge in [0.15, 0.2) is 17.2 Å². The van der Waals surface area contributed by atoms with Gasteiger partial charge in [-0.15, -0.1) is 0 Å². The van der Waals surface area contributed by atoms with Crippen LogP contribution >= 0.6 is 0 Å². The molecule has 2 aliphatic rings. The first kappa shape index (κ1) is 15.7. The maximum Gasteiger partial charge on any atom is 0.264 e. The van der Waals surface area contributed by atoms with Crippen LogP contribution in [0.4, 0.5) is 5.69 Å². The van der Waals surface area contributed by atoms with Crippen molar-refractivity contribution in [2.75, 3.05) is 11.9 Å². The standard InChI is InChI=1S/C20H17NO4/c1-21-15-10-6-5-9-14(15)20(19(21)24)12-17(23)18(25-20)11-16(22)13-7-3-2-4-8-13/h2-10,18H,11-12H2,1H3/t18-,20+/m0/s1. The summed E-state index contributed by atoms with van der Waals surface area (Å²) in [6.45, 7) is 0. The number of fused-ring (bicyclic) bond motifs is 2. The van der Waals surface area contributed by atoms with E-state index in [0.29, 0.717) is 11.1 Å². The molecule has 5 heteroatoms. The van der Waals surface area contributed by atoms with E-state index in [9.17, 15) is 14.4 Å². The lowest BCUT2D eigenvalue weighted by molar-refractivity contribution is -0.142. The average molecular weight is 335 g/mol. The Morgan fingerprint density at radius 3 is 2.56 bits per heavy atom. The third kappa shape index (κ3) is 2.31. The van der Waals surface area contributed by atoms with E-state index in [2.05, 4.69) is 0 Å². The van der Waals surface area contributed by atoms with E-state index < -0.39 is 11.7 Å². The highest BCUT2D eigenvalue weighted by atomic mass is 16.5. The number of amides is 1. The number of nitrogens with zero attached hydrogens (tertiary/aromatic N) is 1. The molecule has 0 radical (unpaired) electrons. The van der Waals surface area contributed by atoms with Crippen molar-refractivity contribution in [3.63, 3.8) is 0 Å². The van der Waals surface area contributed by atoms with Crippen LogP contribution in [-0.4, -0.2) is 30.6 Å². The predicted molar refractivity (Wildman–Crippen MR) is 91.4 cm³/mol. The summed E-state index contributed by atoms with van der Waals surface area (Å²) in [5, 5.41) is 0. The highest BCUT2D eigenvalue weighted by Gasteiger charge is 2.58. The zero-order valence-corrected chi connectivity index (χ0v) is 13.8. The topological polar surface area (TPSA) is 63.7 Å². The van der Waals surface area contributed by atoms with Crippen molar-refractivity contribution in [3.8, 4) is 0 Å². The summed E-state index contributed by atoms with van der Waals surface area (Å²) in [7, 11) is 1.67. The number of para-hydroxylation sites is 1. The zero-order chi connectivity index (χ0) is 17.6. The molecule has 0 bridgehead atoms. The van der Waals surface area contributed by atoms with E-state index in [1.165, 1.54) is 4.90 Å². The number of rotatable bonds is 3. The van der Waals surface area contributed by atoms with Gasteiger partial charge in [0.05, 0.1) is 12.1 Å². The van der Waals surface area contributed by atoms with Crippen LogP contribution in [0.15, 0.2) is 54.6 Å². The number of anilines is 1. The molecule has 1 fully saturated rings. The highest BCUT2D eigenvalue weighted by molar-refractivity contribution is 6.11. The van der Waals surface area contributed by atoms with Gasteiger partial charge in [0.25, 0.3) is 5.91 Å². The Balaban J connectivity index is 1.63. The van der Waals surface area contributed by atoms with Gasteiger partial charge in [0.2, 0.25) is 0 Å². The number of likely N-dealkylation sites (N-methyl/N-ethyl adjacent to an activating group) is 1.